The van der Waals surface area contributed by atoms with Crippen molar-refractivity contribution >= 4 is 23.2 Å². The van der Waals surface area contributed by atoms with Gasteiger partial charge in [0.25, 0.3) is 0 Å². The lowest BCUT2D eigenvalue weighted by molar-refractivity contribution is 0.410. The van der Waals surface area contributed by atoms with Crippen LogP contribution in [0.15, 0.2) is 103 Å². The molecule has 0 fully saturated rings. The molecule has 0 saturated carbocycles. The zero-order valence-corrected chi connectivity index (χ0v) is 43.8. The van der Waals surface area contributed by atoms with Crippen molar-refractivity contribution in [2.24, 2.45) is 27.1 Å². The molecule has 0 aliphatic heterocycles. The molecule has 5 rings (SSSR count). The quantitative estimate of drug-likeness (QED) is 0.165. The average Bonchev–Trinajstić information content (AvgIpc) is 3.10. The number of aryl methyl sites for hydroxylation is 3. The molecule has 5 aromatic carbocycles. The zero-order valence-electron chi connectivity index (χ0n) is 42.2. The molecule has 64 heavy (non-hydrogen) atoms. The van der Waals surface area contributed by atoms with Crippen LogP contribution in [0.25, 0.3) is 0 Å². The van der Waals surface area contributed by atoms with E-state index in [1.165, 1.54) is 45.5 Å². The summed E-state index contributed by atoms with van der Waals surface area (Å²) in [5.41, 5.74) is 10.5. The number of rotatable bonds is 5. The van der Waals surface area contributed by atoms with Crippen molar-refractivity contribution in [3.05, 3.63) is 175 Å². The lowest BCUT2D eigenvalue weighted by atomic mass is 9.88. The smallest absolute Gasteiger partial charge is 0.126 e. The lowest BCUT2D eigenvalue weighted by Crippen LogP contribution is -2.09. The average molecular weight is 922 g/mol. The first-order chi connectivity index (χ1) is 28.6. The Hall–Kier alpha value is -3.53. The van der Waals surface area contributed by atoms with Gasteiger partial charge in [-0.2, -0.15) is 0 Å². The van der Waals surface area contributed by atoms with Gasteiger partial charge in [0.1, 0.15) is 17.5 Å². The third-order valence-corrected chi connectivity index (χ3v) is 9.84. The summed E-state index contributed by atoms with van der Waals surface area (Å²) in [7, 11) is 0. The molecule has 0 amide bonds. The van der Waals surface area contributed by atoms with Crippen LogP contribution in [0.4, 0.5) is 13.2 Å². The number of benzene rings is 5. The van der Waals surface area contributed by atoms with Gasteiger partial charge in [-0.25, -0.2) is 13.2 Å². The molecule has 0 nitrogen and oxygen atoms in total. The Kier molecular flexibility index (Phi) is 25.1. The van der Waals surface area contributed by atoms with Crippen molar-refractivity contribution < 1.29 is 13.2 Å². The molecule has 0 heterocycles. The molecule has 0 saturated heterocycles. The fraction of sp³-hybridized carbons (Fsp3) is 0.492. The molecule has 0 spiro atoms. The van der Waals surface area contributed by atoms with E-state index in [0.717, 1.165) is 53.3 Å². The molecule has 0 unspecified atom stereocenters. The van der Waals surface area contributed by atoms with Gasteiger partial charge >= 0.3 is 0 Å². The molecule has 5 heteroatoms. The highest BCUT2D eigenvalue weighted by Crippen LogP contribution is 2.26. The minimum Gasteiger partial charge on any atom is -0.207 e. The van der Waals surface area contributed by atoms with Crippen LogP contribution in [0.5, 0.6) is 0 Å². The fourth-order valence-electron chi connectivity index (χ4n) is 6.72. The van der Waals surface area contributed by atoms with Gasteiger partial charge in [-0.1, -0.05) is 195 Å². The maximum atomic E-state index is 12.9. The summed E-state index contributed by atoms with van der Waals surface area (Å²) in [4.78, 5) is 0. The maximum absolute atomic E-state index is 12.9. The van der Waals surface area contributed by atoms with Gasteiger partial charge in [0.05, 0.1) is 0 Å². The Morgan fingerprint density at radius 2 is 0.594 bits per heavy atom. The normalized spacial score (nSPS) is 11.5. The topological polar surface area (TPSA) is 0 Å². The first kappa shape index (κ1) is 60.5. The highest BCUT2D eigenvalue weighted by molar-refractivity contribution is 6.31. The Labute approximate surface area is 400 Å². The third-order valence-electron chi connectivity index (χ3n) is 9.17. The van der Waals surface area contributed by atoms with E-state index in [1.807, 2.05) is 68.4 Å². The summed E-state index contributed by atoms with van der Waals surface area (Å²) >= 11 is 11.7. The monoisotopic (exact) mass is 921 g/mol. The van der Waals surface area contributed by atoms with E-state index in [4.69, 9.17) is 23.2 Å². The predicted octanol–water partition coefficient (Wildman–Crippen LogP) is 19.7. The van der Waals surface area contributed by atoms with Gasteiger partial charge in [-0.05, 0) is 167 Å². The van der Waals surface area contributed by atoms with Crippen LogP contribution >= 0.6 is 23.2 Å². The molecule has 5 aromatic rings. The second kappa shape index (κ2) is 26.6. The molecular weight excluding hydrogens is 837 g/mol. The van der Waals surface area contributed by atoms with Gasteiger partial charge in [0.15, 0.2) is 0 Å². The largest absolute Gasteiger partial charge is 0.207 e. The van der Waals surface area contributed by atoms with Crippen molar-refractivity contribution in [2.75, 3.05) is 0 Å². The maximum Gasteiger partial charge on any atom is 0.126 e. The number of hydrogen-bond donors (Lipinski definition) is 0. The van der Waals surface area contributed by atoms with Crippen molar-refractivity contribution in [1.82, 2.24) is 0 Å². The molecule has 0 N–H and O–H groups in total. The minimum atomic E-state index is -0.160. The Bertz CT molecular complexity index is 1870. The van der Waals surface area contributed by atoms with E-state index in [9.17, 15) is 13.2 Å². The van der Waals surface area contributed by atoms with Crippen LogP contribution in [-0.4, -0.2) is 0 Å². The number of hydrogen-bond acceptors (Lipinski definition) is 0. The first-order valence-corrected chi connectivity index (χ1v) is 23.1. The summed E-state index contributed by atoms with van der Waals surface area (Å²) in [6.45, 7) is 38.8. The zero-order chi connectivity index (χ0) is 48.6. The van der Waals surface area contributed by atoms with Gasteiger partial charge in [-0.3, -0.25) is 0 Å². The van der Waals surface area contributed by atoms with E-state index < -0.39 is 0 Å². The summed E-state index contributed by atoms with van der Waals surface area (Å²) in [6.07, 6.45) is 5.19. The van der Waals surface area contributed by atoms with Crippen molar-refractivity contribution in [2.45, 2.75) is 164 Å². The number of halogens is 5. The van der Waals surface area contributed by atoms with Crippen LogP contribution in [0.2, 0.25) is 10.0 Å². The Balaban J connectivity index is 0.000000773. The second-order valence-corrected chi connectivity index (χ2v) is 24.0. The van der Waals surface area contributed by atoms with E-state index in [0.29, 0.717) is 10.8 Å². The molecule has 0 atom stereocenters. The molecular formula is C59H85Cl2F3. The molecule has 0 aromatic heterocycles. The minimum absolute atomic E-state index is 0. The third kappa shape index (κ3) is 29.8. The Morgan fingerprint density at radius 3 is 0.875 bits per heavy atom. The van der Waals surface area contributed by atoms with E-state index in [1.54, 1.807) is 12.1 Å². The van der Waals surface area contributed by atoms with E-state index >= 15 is 0 Å². The van der Waals surface area contributed by atoms with E-state index in [-0.39, 0.29) is 41.1 Å². The predicted molar refractivity (Wildman–Crippen MR) is 279 cm³/mol. The first-order valence-electron chi connectivity index (χ1n) is 22.3. The van der Waals surface area contributed by atoms with Gasteiger partial charge in [-0.15, -0.1) is 0 Å². The van der Waals surface area contributed by atoms with Gasteiger partial charge < -0.3 is 0 Å². The Morgan fingerprint density at radius 1 is 0.344 bits per heavy atom. The summed E-state index contributed by atoms with van der Waals surface area (Å²) < 4.78 is 38.4. The van der Waals surface area contributed by atoms with Crippen LogP contribution in [0.3, 0.4) is 0 Å². The molecule has 0 bridgehead atoms. The van der Waals surface area contributed by atoms with Crippen LogP contribution < -0.4 is 0 Å². The lowest BCUT2D eigenvalue weighted by Gasteiger charge is -2.18. The molecule has 0 radical (unpaired) electrons. The highest BCUT2D eigenvalue weighted by Gasteiger charge is 2.15. The van der Waals surface area contributed by atoms with Gasteiger partial charge in [0, 0.05) is 10.0 Å². The van der Waals surface area contributed by atoms with Crippen LogP contribution in [0.1, 0.15) is 156 Å². The summed E-state index contributed by atoms with van der Waals surface area (Å²) in [5, 5.41) is 1.67. The summed E-state index contributed by atoms with van der Waals surface area (Å²) in [5.74, 6) is -0.386. The second-order valence-electron chi connectivity index (χ2n) is 23.2. The van der Waals surface area contributed by atoms with Crippen molar-refractivity contribution in [1.29, 1.82) is 0 Å². The van der Waals surface area contributed by atoms with Crippen molar-refractivity contribution in [3.8, 4) is 0 Å². The summed E-state index contributed by atoms with van der Waals surface area (Å²) in [6, 6.07) is 31.8. The molecule has 0 aliphatic rings. The fourth-order valence-corrected chi connectivity index (χ4v) is 6.96. The highest BCUT2D eigenvalue weighted by atomic mass is 35.5. The molecule has 0 aliphatic carbocycles. The van der Waals surface area contributed by atoms with Crippen LogP contribution in [-0.2, 0) is 32.1 Å². The van der Waals surface area contributed by atoms with Gasteiger partial charge in [0.2, 0.25) is 0 Å². The SMILES string of the molecule is C.CC(C)(C)Cc1ccc(Cl)cc1.CC(C)(C)Cc1ccc(F)cc1.Cc1cc(CC(C)(C)C)ccc1Cl.Cc1cc(CC(C)(C)C)ccc1F.Cc1cc(CC(C)(C)C)ccc1F. The van der Waals surface area contributed by atoms with Crippen molar-refractivity contribution in [3.63, 3.8) is 0 Å². The van der Waals surface area contributed by atoms with Crippen LogP contribution in [0, 0.1) is 65.3 Å². The molecule has 356 valence electrons. The van der Waals surface area contributed by atoms with E-state index in [2.05, 4.69) is 135 Å². The standard InChI is InChI=1S/C12H17Cl.2C12H17F.C11H15Cl.C11H15F.CH4/c3*1-9-7-10(5-6-11(9)13)8-12(2,3)4;2*1-11(2,3)8-9-4-6-10(12)7-5-9;/h3*5-7H,8H2,1-4H3;2*4-7H,8H2,1-3H3;1H4.